The second-order valence-electron chi connectivity index (χ2n) is 6.60. The van der Waals surface area contributed by atoms with Crippen molar-refractivity contribution in [1.29, 1.82) is 0 Å². The average Bonchev–Trinajstić information content (AvgIpc) is 3.37. The van der Waals surface area contributed by atoms with E-state index in [9.17, 15) is 9.36 Å². The molecular formula is C22H24ClN2O8PS. The summed E-state index contributed by atoms with van der Waals surface area (Å²) in [4.78, 5) is 22.3. The van der Waals surface area contributed by atoms with Crippen LogP contribution in [0.3, 0.4) is 0 Å². The standard InChI is InChI=1S/C22H24ClN2O8PS/c1-5-31-34(27,32-6-2)21(15-10-8-12-30-15)33-20(26)19-14(23)9-7-11-16(19)35-22-24-17(28-3)13-18(25-22)29-4/h7-13,21H,5-6H2,1-4H3. The van der Waals surface area contributed by atoms with E-state index in [1.54, 1.807) is 32.0 Å². The van der Waals surface area contributed by atoms with E-state index >= 15 is 0 Å². The van der Waals surface area contributed by atoms with Crippen molar-refractivity contribution in [2.24, 2.45) is 0 Å². The number of aromatic nitrogens is 2. The van der Waals surface area contributed by atoms with Gasteiger partial charge in [0.1, 0.15) is 0 Å². The lowest BCUT2D eigenvalue weighted by molar-refractivity contribution is 0.0321. The minimum Gasteiger partial charge on any atom is -0.481 e. The first-order chi connectivity index (χ1) is 16.8. The number of ether oxygens (including phenoxy) is 3. The number of carbonyl (C=O) groups is 1. The SMILES string of the molecule is CCOP(=O)(OCC)C(OC(=O)c1c(Cl)cccc1Sc1nc(OC)cc(OC)n1)c1ccco1. The molecule has 35 heavy (non-hydrogen) atoms. The van der Waals surface area contributed by atoms with Gasteiger partial charge in [-0.15, -0.1) is 0 Å². The Kier molecular flexibility index (Phi) is 9.59. The minimum absolute atomic E-state index is 0.0145. The molecule has 0 radical (unpaired) electrons. The fourth-order valence-electron chi connectivity index (χ4n) is 2.93. The molecule has 0 amide bonds. The average molecular weight is 543 g/mol. The van der Waals surface area contributed by atoms with Gasteiger partial charge in [-0.3, -0.25) is 4.57 Å². The van der Waals surface area contributed by atoms with Crippen molar-refractivity contribution >= 4 is 36.9 Å². The fourth-order valence-corrected chi connectivity index (χ4v) is 5.89. The number of halogens is 1. The van der Waals surface area contributed by atoms with Crippen molar-refractivity contribution in [2.75, 3.05) is 27.4 Å². The van der Waals surface area contributed by atoms with E-state index in [0.717, 1.165) is 11.8 Å². The summed E-state index contributed by atoms with van der Waals surface area (Å²) < 4.78 is 45.7. The number of esters is 1. The van der Waals surface area contributed by atoms with Gasteiger partial charge in [0.15, 0.2) is 10.9 Å². The van der Waals surface area contributed by atoms with Gasteiger partial charge in [-0.2, -0.15) is 9.97 Å². The summed E-state index contributed by atoms with van der Waals surface area (Å²) in [6, 6.07) is 9.44. The number of carbonyl (C=O) groups excluding carboxylic acids is 1. The molecule has 0 spiro atoms. The van der Waals surface area contributed by atoms with Crippen LogP contribution in [0.2, 0.25) is 5.02 Å². The number of nitrogens with zero attached hydrogens (tertiary/aromatic N) is 2. The Morgan fingerprint density at radius 1 is 1.09 bits per heavy atom. The van der Waals surface area contributed by atoms with E-state index in [0.29, 0.717) is 4.90 Å². The van der Waals surface area contributed by atoms with Crippen molar-refractivity contribution in [3.8, 4) is 11.8 Å². The van der Waals surface area contributed by atoms with Crippen LogP contribution in [0, 0.1) is 0 Å². The van der Waals surface area contributed by atoms with Gasteiger partial charge >= 0.3 is 13.6 Å². The molecule has 0 saturated heterocycles. The zero-order chi connectivity index (χ0) is 25.4. The van der Waals surface area contributed by atoms with Crippen molar-refractivity contribution in [3.05, 3.63) is 59.0 Å². The number of rotatable bonds is 12. The molecule has 3 rings (SSSR count). The maximum absolute atomic E-state index is 13.5. The lowest BCUT2D eigenvalue weighted by Crippen LogP contribution is -2.16. The van der Waals surface area contributed by atoms with Gasteiger partial charge in [0, 0.05) is 4.90 Å². The first kappa shape index (κ1) is 27.0. The summed E-state index contributed by atoms with van der Waals surface area (Å²) in [6.07, 6.45) is 1.36. The number of furan rings is 1. The number of hydrogen-bond acceptors (Lipinski definition) is 11. The van der Waals surface area contributed by atoms with Gasteiger partial charge in [-0.25, -0.2) is 4.79 Å². The molecule has 10 nitrogen and oxygen atoms in total. The van der Waals surface area contributed by atoms with Crippen molar-refractivity contribution in [3.63, 3.8) is 0 Å². The van der Waals surface area contributed by atoms with Crippen LogP contribution in [0.15, 0.2) is 57.1 Å². The van der Waals surface area contributed by atoms with Crippen LogP contribution in [-0.4, -0.2) is 43.4 Å². The Bertz CT molecular complexity index is 1160. The van der Waals surface area contributed by atoms with Crippen LogP contribution in [-0.2, 0) is 18.3 Å². The third-order valence-electron chi connectivity index (χ3n) is 4.37. The van der Waals surface area contributed by atoms with Gasteiger partial charge < -0.3 is 27.7 Å². The largest absolute Gasteiger partial charge is 0.481 e. The zero-order valence-corrected chi connectivity index (χ0v) is 21.9. The van der Waals surface area contributed by atoms with Gasteiger partial charge in [0.25, 0.3) is 5.85 Å². The van der Waals surface area contributed by atoms with Crippen molar-refractivity contribution < 1.29 is 37.0 Å². The Morgan fingerprint density at radius 3 is 2.29 bits per heavy atom. The quantitative estimate of drug-likeness (QED) is 0.152. The van der Waals surface area contributed by atoms with Crippen LogP contribution < -0.4 is 9.47 Å². The maximum atomic E-state index is 13.5. The van der Waals surface area contributed by atoms with E-state index in [1.807, 2.05) is 0 Å². The predicted octanol–water partition coefficient (Wildman–Crippen LogP) is 6.01. The topological polar surface area (TPSA) is 119 Å². The summed E-state index contributed by atoms with van der Waals surface area (Å²) in [5.74, 6) is -1.66. The molecule has 188 valence electrons. The second-order valence-corrected chi connectivity index (χ2v) is 10.1. The second kappa shape index (κ2) is 12.4. The smallest absolute Gasteiger partial charge is 0.378 e. The van der Waals surface area contributed by atoms with Gasteiger partial charge in [-0.1, -0.05) is 17.7 Å². The first-order valence-corrected chi connectivity index (χ1v) is 13.2. The Hall–Kier alpha value is -2.56. The molecule has 0 bridgehead atoms. The molecule has 2 heterocycles. The highest BCUT2D eigenvalue weighted by Crippen LogP contribution is 2.61. The highest BCUT2D eigenvalue weighted by atomic mass is 35.5. The van der Waals surface area contributed by atoms with Crippen LogP contribution in [0.1, 0.15) is 35.8 Å². The summed E-state index contributed by atoms with van der Waals surface area (Å²) >= 11 is 7.44. The number of hydrogen-bond donors (Lipinski definition) is 0. The van der Waals surface area contributed by atoms with Crippen LogP contribution >= 0.6 is 31.0 Å². The molecule has 3 aromatic rings. The Balaban J connectivity index is 1.99. The molecule has 1 unspecified atom stereocenters. The predicted molar refractivity (Wildman–Crippen MR) is 128 cm³/mol. The molecule has 0 N–H and O–H groups in total. The summed E-state index contributed by atoms with van der Waals surface area (Å²) in [5.41, 5.74) is 0.0145. The molecule has 1 atom stereocenters. The molecule has 2 aromatic heterocycles. The van der Waals surface area contributed by atoms with E-state index in [2.05, 4.69) is 9.97 Å². The summed E-state index contributed by atoms with van der Waals surface area (Å²) in [7, 11) is -1.03. The third-order valence-corrected chi connectivity index (χ3v) is 7.78. The highest BCUT2D eigenvalue weighted by Gasteiger charge is 2.43. The fraction of sp³-hybridized carbons (Fsp3) is 0.318. The Morgan fingerprint density at radius 2 is 1.74 bits per heavy atom. The summed E-state index contributed by atoms with van der Waals surface area (Å²) in [5, 5.41) is 0.352. The van der Waals surface area contributed by atoms with Crippen LogP contribution in [0.5, 0.6) is 11.8 Å². The molecule has 0 aliphatic rings. The Labute approximate surface area is 211 Å². The van der Waals surface area contributed by atoms with E-state index in [1.165, 1.54) is 38.7 Å². The van der Waals surface area contributed by atoms with E-state index in [-0.39, 0.29) is 46.5 Å². The maximum Gasteiger partial charge on any atom is 0.378 e. The molecule has 13 heteroatoms. The number of benzene rings is 1. The molecule has 0 saturated carbocycles. The van der Waals surface area contributed by atoms with Gasteiger partial charge in [0.2, 0.25) is 11.8 Å². The van der Waals surface area contributed by atoms with Crippen LogP contribution in [0.4, 0.5) is 0 Å². The summed E-state index contributed by atoms with van der Waals surface area (Å²) in [6.45, 7) is 3.43. The molecule has 1 aromatic carbocycles. The molecule has 0 aliphatic heterocycles. The molecule has 0 fully saturated rings. The third kappa shape index (κ3) is 6.56. The normalized spacial score (nSPS) is 12.3. The van der Waals surface area contributed by atoms with Gasteiger partial charge in [0.05, 0.1) is 50.3 Å². The van der Waals surface area contributed by atoms with E-state index < -0.39 is 19.4 Å². The monoisotopic (exact) mass is 542 g/mol. The molecular weight excluding hydrogens is 519 g/mol. The minimum atomic E-state index is -3.96. The van der Waals surface area contributed by atoms with Gasteiger partial charge in [-0.05, 0) is 49.9 Å². The first-order valence-electron chi connectivity index (χ1n) is 10.4. The lowest BCUT2D eigenvalue weighted by atomic mass is 10.2. The van der Waals surface area contributed by atoms with Crippen LogP contribution in [0.25, 0.3) is 0 Å². The van der Waals surface area contributed by atoms with Crippen molar-refractivity contribution in [2.45, 2.75) is 29.7 Å². The zero-order valence-electron chi connectivity index (χ0n) is 19.4. The lowest BCUT2D eigenvalue weighted by Gasteiger charge is -2.25. The highest BCUT2D eigenvalue weighted by molar-refractivity contribution is 7.99. The molecule has 0 aliphatic carbocycles. The van der Waals surface area contributed by atoms with E-state index in [4.69, 9.17) is 39.3 Å². The number of methoxy groups -OCH3 is 2. The van der Waals surface area contributed by atoms with Crippen molar-refractivity contribution in [1.82, 2.24) is 9.97 Å².